The molecule has 0 N–H and O–H groups in total. The second-order valence-corrected chi connectivity index (χ2v) is 12.8. The zero-order valence-electron chi connectivity index (χ0n) is 23.5. The van der Waals surface area contributed by atoms with Crippen LogP contribution in [0.3, 0.4) is 0 Å². The molecule has 39 heavy (non-hydrogen) atoms. The Kier molecular flexibility index (Phi) is 8.33. The van der Waals surface area contributed by atoms with E-state index in [4.69, 9.17) is 19.1 Å². The van der Waals surface area contributed by atoms with Crippen molar-refractivity contribution in [3.63, 3.8) is 0 Å². The number of hydrogen-bond donors (Lipinski definition) is 0. The molecule has 220 valence electrons. The lowest BCUT2D eigenvalue weighted by Crippen LogP contribution is -2.63. The summed E-state index contributed by atoms with van der Waals surface area (Å²) in [6.07, 6.45) is 3.77. The SMILES string of the molecule is COC(=O)CC[C@@H](C)[C@H]1CC[C@H]2[C@@H]3[C@H](OC(C)=O)C[C@@H]4C[C@H](O[N+](=O)[O-])CC[C@]4(C)[C@H]3C[C@H](O[N+](=O)[O-])[C@]12C. The predicted molar refractivity (Wildman–Crippen MR) is 136 cm³/mol. The standard InChI is InChI=1S/C27H42N2O10/c1-15(6-9-24(31)36-5)19-7-8-20-25-21(14-23(27(19,20)4)39-29(34)35)26(3)11-10-18(38-28(32)33)12-17(26)13-22(25)37-16(2)30/h15,17-23,25H,6-14H2,1-5H3/t15-,17+,18-,19-,20+,21+,22-,23+,25+,26+,27-/m1/s1. The van der Waals surface area contributed by atoms with Crippen LogP contribution in [0.4, 0.5) is 0 Å². The van der Waals surface area contributed by atoms with Crippen molar-refractivity contribution in [1.82, 2.24) is 0 Å². The highest BCUT2D eigenvalue weighted by atomic mass is 17.0. The van der Waals surface area contributed by atoms with Gasteiger partial charge in [0.15, 0.2) is 0 Å². The molecule has 0 heterocycles. The summed E-state index contributed by atoms with van der Waals surface area (Å²) in [5.41, 5.74) is -0.788. The molecule has 0 spiro atoms. The lowest BCUT2D eigenvalue weighted by molar-refractivity contribution is -0.775. The highest BCUT2D eigenvalue weighted by molar-refractivity contribution is 5.69. The van der Waals surface area contributed by atoms with E-state index in [1.165, 1.54) is 14.0 Å². The summed E-state index contributed by atoms with van der Waals surface area (Å²) in [5, 5.41) is 21.4. The summed E-state index contributed by atoms with van der Waals surface area (Å²) in [5.74, 6) is -0.418. The van der Waals surface area contributed by atoms with Gasteiger partial charge in [-0.05, 0) is 86.4 Å². The summed E-state index contributed by atoms with van der Waals surface area (Å²) in [6.45, 7) is 7.78. The van der Waals surface area contributed by atoms with E-state index in [0.717, 1.165) is 12.8 Å². The molecular weight excluding hydrogens is 512 g/mol. The summed E-state index contributed by atoms with van der Waals surface area (Å²) in [6, 6.07) is 0. The van der Waals surface area contributed by atoms with Gasteiger partial charge in [-0.15, -0.1) is 20.2 Å². The van der Waals surface area contributed by atoms with Crippen molar-refractivity contribution >= 4 is 11.9 Å². The van der Waals surface area contributed by atoms with Crippen molar-refractivity contribution in [1.29, 1.82) is 0 Å². The maximum atomic E-state index is 12.3. The van der Waals surface area contributed by atoms with Crippen molar-refractivity contribution in [2.24, 2.45) is 46.3 Å². The van der Waals surface area contributed by atoms with Gasteiger partial charge in [0.2, 0.25) is 0 Å². The minimum Gasteiger partial charge on any atom is -0.469 e. The van der Waals surface area contributed by atoms with E-state index in [2.05, 4.69) is 20.8 Å². The molecule has 0 aromatic rings. The highest BCUT2D eigenvalue weighted by Gasteiger charge is 2.67. The molecule has 11 atom stereocenters. The van der Waals surface area contributed by atoms with Crippen LogP contribution in [0.15, 0.2) is 0 Å². The normalized spacial score (nSPS) is 41.7. The van der Waals surface area contributed by atoms with Gasteiger partial charge in [-0.3, -0.25) is 9.59 Å². The summed E-state index contributed by atoms with van der Waals surface area (Å²) < 4.78 is 10.8. The van der Waals surface area contributed by atoms with Crippen molar-refractivity contribution < 1.29 is 38.9 Å². The van der Waals surface area contributed by atoms with Gasteiger partial charge in [0.05, 0.1) is 7.11 Å². The van der Waals surface area contributed by atoms with Crippen LogP contribution in [0.1, 0.15) is 85.5 Å². The van der Waals surface area contributed by atoms with Gasteiger partial charge in [0, 0.05) is 24.7 Å². The molecule has 0 aromatic carbocycles. The molecule has 4 fully saturated rings. The molecule has 0 aliphatic heterocycles. The second kappa shape index (κ2) is 11.1. The Bertz CT molecular complexity index is 976. The number of carbonyl (C=O) groups excluding carboxylic acids is 2. The monoisotopic (exact) mass is 554 g/mol. The zero-order valence-corrected chi connectivity index (χ0v) is 23.5. The summed E-state index contributed by atoms with van der Waals surface area (Å²) in [7, 11) is 1.37. The minimum atomic E-state index is -0.741. The van der Waals surface area contributed by atoms with Gasteiger partial charge in [-0.1, -0.05) is 20.8 Å². The maximum absolute atomic E-state index is 12.3. The lowest BCUT2D eigenvalue weighted by atomic mass is 9.43. The quantitative estimate of drug-likeness (QED) is 0.225. The molecule has 4 aliphatic carbocycles. The van der Waals surface area contributed by atoms with E-state index in [0.29, 0.717) is 38.5 Å². The van der Waals surface area contributed by atoms with Gasteiger partial charge >= 0.3 is 11.9 Å². The first-order valence-corrected chi connectivity index (χ1v) is 14.2. The number of methoxy groups -OCH3 is 1. The molecular formula is C27H42N2O10. The Balaban J connectivity index is 1.70. The fourth-order valence-corrected chi connectivity index (χ4v) is 9.53. The van der Waals surface area contributed by atoms with Crippen LogP contribution in [0, 0.1) is 66.6 Å². The van der Waals surface area contributed by atoms with E-state index >= 15 is 0 Å². The van der Waals surface area contributed by atoms with Crippen LogP contribution in [-0.2, 0) is 28.7 Å². The van der Waals surface area contributed by atoms with Gasteiger partial charge in [0.25, 0.3) is 10.2 Å². The first-order valence-electron chi connectivity index (χ1n) is 14.2. The van der Waals surface area contributed by atoms with E-state index in [-0.39, 0.29) is 65.4 Å². The average molecular weight is 555 g/mol. The van der Waals surface area contributed by atoms with Crippen LogP contribution in [0.2, 0.25) is 0 Å². The van der Waals surface area contributed by atoms with Gasteiger partial charge < -0.3 is 19.1 Å². The van der Waals surface area contributed by atoms with Crippen molar-refractivity contribution in [2.45, 2.75) is 104 Å². The molecule has 12 heteroatoms. The number of carbonyl (C=O) groups is 2. The average Bonchev–Trinajstić information content (AvgIpc) is 3.20. The van der Waals surface area contributed by atoms with Crippen molar-refractivity contribution in [3.8, 4) is 0 Å². The molecule has 0 bridgehead atoms. The Morgan fingerprint density at radius 1 is 1.00 bits per heavy atom. The first-order chi connectivity index (χ1) is 18.3. The first kappa shape index (κ1) is 29.3. The van der Waals surface area contributed by atoms with E-state index in [1.807, 2.05) is 0 Å². The minimum absolute atomic E-state index is 0.00227. The smallest absolute Gasteiger partial charge is 0.305 e. The van der Waals surface area contributed by atoms with Crippen LogP contribution in [-0.4, -0.2) is 47.5 Å². The van der Waals surface area contributed by atoms with Crippen LogP contribution >= 0.6 is 0 Å². The van der Waals surface area contributed by atoms with E-state index in [9.17, 15) is 29.8 Å². The highest BCUT2D eigenvalue weighted by Crippen LogP contribution is 2.69. The number of esters is 2. The molecule has 0 aromatic heterocycles. The number of hydrogen-bond acceptors (Lipinski definition) is 10. The Hall–Kier alpha value is -2.66. The third-order valence-electron chi connectivity index (χ3n) is 11.2. The largest absolute Gasteiger partial charge is 0.469 e. The molecule has 0 amide bonds. The Labute approximate surface area is 228 Å². The Morgan fingerprint density at radius 2 is 1.69 bits per heavy atom. The van der Waals surface area contributed by atoms with Crippen LogP contribution in [0.5, 0.6) is 0 Å². The van der Waals surface area contributed by atoms with Crippen LogP contribution < -0.4 is 0 Å². The van der Waals surface area contributed by atoms with Crippen molar-refractivity contribution in [3.05, 3.63) is 20.2 Å². The maximum Gasteiger partial charge on any atom is 0.305 e. The third kappa shape index (κ3) is 5.39. The second-order valence-electron chi connectivity index (χ2n) is 12.8. The lowest BCUT2D eigenvalue weighted by Gasteiger charge is -2.64. The van der Waals surface area contributed by atoms with E-state index < -0.39 is 27.8 Å². The molecule has 0 saturated heterocycles. The molecule has 0 radical (unpaired) electrons. The predicted octanol–water partition coefficient (Wildman–Crippen LogP) is 4.54. The Morgan fingerprint density at radius 3 is 2.31 bits per heavy atom. The third-order valence-corrected chi connectivity index (χ3v) is 11.2. The van der Waals surface area contributed by atoms with Gasteiger partial charge in [0.1, 0.15) is 18.3 Å². The van der Waals surface area contributed by atoms with Crippen molar-refractivity contribution in [2.75, 3.05) is 7.11 Å². The number of nitrogens with zero attached hydrogens (tertiary/aromatic N) is 2. The molecule has 4 saturated carbocycles. The number of fused-ring (bicyclic) bond motifs is 5. The molecule has 4 aliphatic rings. The molecule has 4 rings (SSSR count). The van der Waals surface area contributed by atoms with Crippen LogP contribution in [0.25, 0.3) is 0 Å². The van der Waals surface area contributed by atoms with Gasteiger partial charge in [-0.25, -0.2) is 0 Å². The fourth-order valence-electron chi connectivity index (χ4n) is 9.53. The fraction of sp³-hybridized carbons (Fsp3) is 0.926. The molecule has 12 nitrogen and oxygen atoms in total. The molecule has 0 unspecified atom stereocenters. The summed E-state index contributed by atoms with van der Waals surface area (Å²) >= 11 is 0. The number of rotatable bonds is 9. The summed E-state index contributed by atoms with van der Waals surface area (Å²) in [4.78, 5) is 57.4. The number of ether oxygens (including phenoxy) is 2. The zero-order chi connectivity index (χ0) is 28.7. The van der Waals surface area contributed by atoms with Gasteiger partial charge in [-0.2, -0.15) is 0 Å². The van der Waals surface area contributed by atoms with E-state index in [1.54, 1.807) is 0 Å². The topological polar surface area (TPSA) is 157 Å².